The molecule has 0 saturated carbocycles. The minimum Gasteiger partial charge on any atom is -0.478 e. The van der Waals surface area contributed by atoms with E-state index in [2.05, 4.69) is 29.6 Å². The molecule has 0 atom stereocenters. The van der Waals surface area contributed by atoms with E-state index in [1.54, 1.807) is 31.2 Å². The zero-order valence-electron chi connectivity index (χ0n) is 17.5. The molecule has 6 nitrogen and oxygen atoms in total. The van der Waals surface area contributed by atoms with E-state index in [1.165, 1.54) is 22.3 Å². The van der Waals surface area contributed by atoms with E-state index < -0.39 is 12.1 Å². The Bertz CT molecular complexity index is 1190. The van der Waals surface area contributed by atoms with Crippen molar-refractivity contribution in [2.45, 2.75) is 19.9 Å². The third kappa shape index (κ3) is 4.48. The van der Waals surface area contributed by atoms with Gasteiger partial charge >= 0.3 is 12.1 Å². The number of fused-ring (bicyclic) bond motifs is 3. The molecule has 0 saturated heterocycles. The molecule has 7 heteroatoms. The second kappa shape index (κ2) is 9.20. The minimum atomic E-state index is -0.980. The summed E-state index contributed by atoms with van der Waals surface area (Å²) in [5.74, 6) is -0.980. The van der Waals surface area contributed by atoms with Crippen LogP contribution in [0.25, 0.3) is 11.1 Å². The number of nitrogens with zero attached hydrogens (tertiary/aromatic N) is 1. The van der Waals surface area contributed by atoms with E-state index in [1.807, 2.05) is 23.1 Å². The molecular formula is C25H22N2O4S. The van der Waals surface area contributed by atoms with Gasteiger partial charge in [0.2, 0.25) is 0 Å². The Labute approximate surface area is 191 Å². The molecule has 4 rings (SSSR count). The van der Waals surface area contributed by atoms with Crippen molar-refractivity contribution in [1.82, 2.24) is 5.32 Å². The molecule has 0 unspecified atom stereocenters. The van der Waals surface area contributed by atoms with E-state index in [0.717, 1.165) is 17.7 Å². The molecule has 0 aromatic heterocycles. The van der Waals surface area contributed by atoms with Crippen LogP contribution in [-0.2, 0) is 17.7 Å². The second-order valence-corrected chi connectivity index (χ2v) is 7.80. The second-order valence-electron chi connectivity index (χ2n) is 7.41. The highest BCUT2D eigenvalue weighted by atomic mass is 32.1. The number of carbonyl (C=O) groups is 2. The fourth-order valence-corrected chi connectivity index (χ4v) is 4.09. The lowest BCUT2D eigenvalue weighted by molar-refractivity contribution is 0.0696. The van der Waals surface area contributed by atoms with Crippen LogP contribution in [0.5, 0.6) is 0 Å². The number of ether oxygens (including phenoxy) is 1. The molecule has 0 heterocycles. The number of thiocarbonyl (C=S) groups is 1. The number of rotatable bonds is 5. The largest absolute Gasteiger partial charge is 0.478 e. The number of carboxylic acid groups (broad SMARTS) is 1. The Balaban J connectivity index is 1.64. The molecule has 162 valence electrons. The van der Waals surface area contributed by atoms with Crippen LogP contribution in [0.3, 0.4) is 0 Å². The van der Waals surface area contributed by atoms with Gasteiger partial charge < -0.3 is 14.7 Å². The molecule has 0 aliphatic heterocycles. The first-order valence-corrected chi connectivity index (χ1v) is 10.7. The lowest BCUT2D eigenvalue weighted by Gasteiger charge is -2.26. The minimum absolute atomic E-state index is 0.209. The van der Waals surface area contributed by atoms with Gasteiger partial charge in [-0.25, -0.2) is 9.59 Å². The molecule has 32 heavy (non-hydrogen) atoms. The predicted molar refractivity (Wildman–Crippen MR) is 127 cm³/mol. The molecule has 1 amide bonds. The SMILES string of the molecule is CCOC(=O)NC(=S)N(Cc1ccc(C(=O)O)cc1)c1ccc2c(c1)Cc1ccccc1-2. The highest BCUT2D eigenvalue weighted by molar-refractivity contribution is 7.80. The fraction of sp³-hybridized carbons (Fsp3) is 0.160. The monoisotopic (exact) mass is 446 g/mol. The molecule has 3 aromatic rings. The van der Waals surface area contributed by atoms with Gasteiger partial charge in [-0.05, 0) is 77.6 Å². The van der Waals surface area contributed by atoms with Gasteiger partial charge in [-0.2, -0.15) is 0 Å². The summed E-state index contributed by atoms with van der Waals surface area (Å²) < 4.78 is 4.98. The zero-order valence-corrected chi connectivity index (χ0v) is 18.3. The molecule has 1 aliphatic rings. The van der Waals surface area contributed by atoms with E-state index in [9.17, 15) is 9.59 Å². The summed E-state index contributed by atoms with van der Waals surface area (Å²) in [6, 6.07) is 21.0. The molecule has 0 radical (unpaired) electrons. The first kappa shape index (κ1) is 21.5. The van der Waals surface area contributed by atoms with E-state index in [0.29, 0.717) is 6.54 Å². The van der Waals surface area contributed by atoms with Gasteiger partial charge in [-0.1, -0.05) is 42.5 Å². The number of aromatic carboxylic acids is 1. The number of hydrogen-bond donors (Lipinski definition) is 2. The lowest BCUT2D eigenvalue weighted by Crippen LogP contribution is -2.42. The molecule has 3 aromatic carbocycles. The number of carboxylic acids is 1. The van der Waals surface area contributed by atoms with Crippen molar-refractivity contribution in [3.05, 3.63) is 89.0 Å². The van der Waals surface area contributed by atoms with Gasteiger partial charge in [0.1, 0.15) is 0 Å². The zero-order chi connectivity index (χ0) is 22.7. The van der Waals surface area contributed by atoms with Crippen molar-refractivity contribution in [1.29, 1.82) is 0 Å². The van der Waals surface area contributed by atoms with E-state index in [4.69, 9.17) is 22.1 Å². The number of amides is 1. The summed E-state index contributed by atoms with van der Waals surface area (Å²) in [5, 5.41) is 12.0. The number of nitrogens with one attached hydrogen (secondary N) is 1. The van der Waals surface area contributed by atoms with Gasteiger partial charge in [-0.3, -0.25) is 5.32 Å². The summed E-state index contributed by atoms with van der Waals surface area (Å²) in [6.07, 6.45) is 0.218. The molecule has 0 bridgehead atoms. The fourth-order valence-electron chi connectivity index (χ4n) is 3.84. The normalized spacial score (nSPS) is 11.3. The van der Waals surface area contributed by atoms with Crippen molar-refractivity contribution >= 4 is 35.1 Å². The topological polar surface area (TPSA) is 78.9 Å². The summed E-state index contributed by atoms with van der Waals surface area (Å²) >= 11 is 5.53. The Hall–Kier alpha value is -3.71. The smallest absolute Gasteiger partial charge is 0.413 e. The summed E-state index contributed by atoms with van der Waals surface area (Å²) in [4.78, 5) is 25.0. The maximum atomic E-state index is 12.0. The highest BCUT2D eigenvalue weighted by Gasteiger charge is 2.22. The van der Waals surface area contributed by atoms with Gasteiger partial charge in [0, 0.05) is 5.69 Å². The van der Waals surface area contributed by atoms with Gasteiger partial charge in [-0.15, -0.1) is 0 Å². The predicted octanol–water partition coefficient (Wildman–Crippen LogP) is 4.99. The third-order valence-corrected chi connectivity index (χ3v) is 5.68. The maximum Gasteiger partial charge on any atom is 0.413 e. The molecule has 0 fully saturated rings. The van der Waals surface area contributed by atoms with Crippen LogP contribution in [0, 0.1) is 0 Å². The Morgan fingerprint density at radius 1 is 1.03 bits per heavy atom. The first-order valence-electron chi connectivity index (χ1n) is 10.2. The highest BCUT2D eigenvalue weighted by Crippen LogP contribution is 2.38. The molecular weight excluding hydrogens is 424 g/mol. The van der Waals surface area contributed by atoms with E-state index >= 15 is 0 Å². The van der Waals surface area contributed by atoms with E-state index in [-0.39, 0.29) is 17.3 Å². The van der Waals surface area contributed by atoms with Crippen LogP contribution < -0.4 is 10.2 Å². The van der Waals surface area contributed by atoms with Crippen molar-refractivity contribution in [2.75, 3.05) is 11.5 Å². The third-order valence-electron chi connectivity index (χ3n) is 5.36. The Morgan fingerprint density at radius 3 is 2.47 bits per heavy atom. The summed E-state index contributed by atoms with van der Waals surface area (Å²) in [5.41, 5.74) is 6.79. The molecule has 0 spiro atoms. The first-order chi connectivity index (χ1) is 15.5. The Kier molecular flexibility index (Phi) is 6.18. The van der Waals surface area contributed by atoms with Crippen molar-refractivity contribution in [2.24, 2.45) is 0 Å². The van der Waals surface area contributed by atoms with Crippen molar-refractivity contribution in [3.63, 3.8) is 0 Å². The van der Waals surface area contributed by atoms with Crippen molar-refractivity contribution < 1.29 is 19.4 Å². The van der Waals surface area contributed by atoms with Crippen LogP contribution in [-0.4, -0.2) is 28.9 Å². The van der Waals surface area contributed by atoms with Crippen molar-refractivity contribution in [3.8, 4) is 11.1 Å². The molecule has 1 aliphatic carbocycles. The maximum absolute atomic E-state index is 12.0. The number of hydrogen-bond acceptors (Lipinski definition) is 4. The average Bonchev–Trinajstić information content (AvgIpc) is 3.15. The average molecular weight is 447 g/mol. The van der Waals surface area contributed by atoms with Crippen LogP contribution in [0.1, 0.15) is 34.0 Å². The van der Waals surface area contributed by atoms with Crippen LogP contribution in [0.4, 0.5) is 10.5 Å². The number of alkyl carbamates (subject to hydrolysis) is 1. The quantitative estimate of drug-likeness (QED) is 0.421. The van der Waals surface area contributed by atoms with Gasteiger partial charge in [0.25, 0.3) is 0 Å². The van der Waals surface area contributed by atoms with Crippen LogP contribution in [0.15, 0.2) is 66.7 Å². The summed E-state index contributed by atoms with van der Waals surface area (Å²) in [7, 11) is 0. The standard InChI is InChI=1S/C25H22N2O4S/c1-2-31-25(30)26-24(32)27(15-16-7-9-17(10-8-16)23(28)29)20-11-12-22-19(14-20)13-18-5-3-4-6-21(18)22/h3-12,14H,2,13,15H2,1H3,(H,28,29)(H,26,30,32). The summed E-state index contributed by atoms with van der Waals surface area (Å²) in [6.45, 7) is 2.32. The number of anilines is 1. The number of carbonyl (C=O) groups excluding carboxylic acids is 1. The van der Waals surface area contributed by atoms with Gasteiger partial charge in [0.05, 0.1) is 18.7 Å². The van der Waals surface area contributed by atoms with Crippen LogP contribution in [0.2, 0.25) is 0 Å². The number of benzene rings is 3. The Morgan fingerprint density at radius 2 is 1.75 bits per heavy atom. The molecule has 2 N–H and O–H groups in total. The van der Waals surface area contributed by atoms with Crippen LogP contribution >= 0.6 is 12.2 Å². The lowest BCUT2D eigenvalue weighted by atomic mass is 10.0. The van der Waals surface area contributed by atoms with Gasteiger partial charge in [0.15, 0.2) is 5.11 Å².